The Morgan fingerprint density at radius 3 is 2.74 bits per heavy atom. The molecule has 1 amide bonds. The van der Waals surface area contributed by atoms with E-state index in [1.165, 1.54) is 6.07 Å². The van der Waals surface area contributed by atoms with Crippen LogP contribution in [-0.2, 0) is 6.54 Å². The Morgan fingerprint density at radius 2 is 1.91 bits per heavy atom. The maximum absolute atomic E-state index is 14.3. The number of rotatable bonds is 4. The van der Waals surface area contributed by atoms with E-state index in [9.17, 15) is 9.18 Å². The van der Waals surface area contributed by atoms with Crippen LogP contribution in [0.1, 0.15) is 28.9 Å². The standard InChI is InChI=1S/C27H25ClFN5O/c28-20-8-6-19(7-9-20)25-24(33-12-3-11-30-27(33)31-25)17-32-13-10-18-14-21(16-32)34(15-18)26(35)22-4-1-2-5-23(22)29/h1-9,11-12,18,21H,10,13-17H2. The van der Waals surface area contributed by atoms with E-state index in [1.807, 2.05) is 45.8 Å². The molecule has 178 valence electrons. The molecule has 2 saturated heterocycles. The Balaban J connectivity index is 1.29. The molecule has 2 atom stereocenters. The van der Waals surface area contributed by atoms with Crippen molar-refractivity contribution in [2.75, 3.05) is 19.6 Å². The van der Waals surface area contributed by atoms with Crippen LogP contribution in [0.5, 0.6) is 0 Å². The minimum atomic E-state index is -0.459. The van der Waals surface area contributed by atoms with Gasteiger partial charge in [0.1, 0.15) is 5.82 Å². The van der Waals surface area contributed by atoms with Crippen LogP contribution >= 0.6 is 11.6 Å². The number of hydrogen-bond acceptors (Lipinski definition) is 4. The molecule has 0 spiro atoms. The van der Waals surface area contributed by atoms with Crippen LogP contribution in [0.4, 0.5) is 4.39 Å². The smallest absolute Gasteiger partial charge is 0.257 e. The molecule has 0 N–H and O–H groups in total. The summed E-state index contributed by atoms with van der Waals surface area (Å²) in [6, 6.07) is 15.9. The number of amides is 1. The van der Waals surface area contributed by atoms with Gasteiger partial charge in [-0.05, 0) is 55.6 Å². The fraction of sp³-hybridized carbons (Fsp3) is 0.296. The van der Waals surface area contributed by atoms with Gasteiger partial charge in [0.05, 0.1) is 17.0 Å². The van der Waals surface area contributed by atoms with Crippen molar-refractivity contribution in [1.82, 2.24) is 24.2 Å². The average molecular weight is 490 g/mol. The highest BCUT2D eigenvalue weighted by Gasteiger charge is 2.39. The number of carbonyl (C=O) groups is 1. The number of nitrogens with zero attached hydrogens (tertiary/aromatic N) is 5. The average Bonchev–Trinajstić information content (AvgIpc) is 3.37. The second-order valence-corrected chi connectivity index (χ2v) is 9.86. The van der Waals surface area contributed by atoms with Gasteiger partial charge in [-0.2, -0.15) is 0 Å². The minimum absolute atomic E-state index is 0.0610. The number of halogens is 2. The largest absolute Gasteiger partial charge is 0.334 e. The molecule has 2 aromatic heterocycles. The van der Waals surface area contributed by atoms with Gasteiger partial charge >= 0.3 is 0 Å². The number of carbonyl (C=O) groups excluding carboxylic acids is 1. The zero-order valence-electron chi connectivity index (χ0n) is 19.1. The number of imidazole rings is 1. The Kier molecular flexibility index (Phi) is 5.74. The molecule has 2 aliphatic rings. The van der Waals surface area contributed by atoms with Gasteiger partial charge in [0.25, 0.3) is 5.91 Å². The quantitative estimate of drug-likeness (QED) is 0.408. The summed E-state index contributed by atoms with van der Waals surface area (Å²) in [6.45, 7) is 3.05. The summed E-state index contributed by atoms with van der Waals surface area (Å²) >= 11 is 6.12. The van der Waals surface area contributed by atoms with Crippen LogP contribution in [0, 0.1) is 11.7 Å². The van der Waals surface area contributed by atoms with Gasteiger partial charge in [-0.25, -0.2) is 14.4 Å². The van der Waals surface area contributed by atoms with Gasteiger partial charge < -0.3 is 4.90 Å². The first-order valence-electron chi connectivity index (χ1n) is 11.9. The first-order valence-corrected chi connectivity index (χ1v) is 12.3. The first-order chi connectivity index (χ1) is 17.1. The molecule has 6 nitrogen and oxygen atoms in total. The molecule has 4 heterocycles. The zero-order chi connectivity index (χ0) is 23.9. The number of hydrogen-bond donors (Lipinski definition) is 0. The van der Waals surface area contributed by atoms with Crippen molar-refractivity contribution in [3.63, 3.8) is 0 Å². The normalized spacial score (nSPS) is 20.3. The number of fused-ring (bicyclic) bond motifs is 3. The van der Waals surface area contributed by atoms with Crippen molar-refractivity contribution >= 4 is 23.3 Å². The number of benzene rings is 2. The van der Waals surface area contributed by atoms with Crippen molar-refractivity contribution in [3.05, 3.63) is 89.1 Å². The fourth-order valence-corrected chi connectivity index (χ4v) is 5.60. The van der Waals surface area contributed by atoms with E-state index in [4.69, 9.17) is 16.6 Å². The number of likely N-dealkylation sites (tertiary alicyclic amines) is 2. The molecule has 8 heteroatoms. The second kappa shape index (κ2) is 9.06. The van der Waals surface area contributed by atoms with Crippen molar-refractivity contribution in [2.45, 2.75) is 25.4 Å². The molecule has 0 aliphatic carbocycles. The predicted molar refractivity (Wildman–Crippen MR) is 133 cm³/mol. The Labute approximate surface area is 208 Å². The van der Waals surface area contributed by atoms with Gasteiger partial charge in [0.15, 0.2) is 0 Å². The molecule has 4 aromatic rings. The summed E-state index contributed by atoms with van der Waals surface area (Å²) in [5.74, 6) is 0.415. The molecule has 6 rings (SSSR count). The molecule has 2 aliphatic heterocycles. The lowest BCUT2D eigenvalue weighted by atomic mass is 10.0. The third-order valence-corrected chi connectivity index (χ3v) is 7.43. The van der Waals surface area contributed by atoms with Gasteiger partial charge in [-0.1, -0.05) is 35.9 Å². The van der Waals surface area contributed by atoms with E-state index in [1.54, 1.807) is 24.4 Å². The van der Waals surface area contributed by atoms with Gasteiger partial charge in [0.2, 0.25) is 5.78 Å². The molecular formula is C27H25ClFN5O. The molecule has 35 heavy (non-hydrogen) atoms. The summed E-state index contributed by atoms with van der Waals surface area (Å²) in [6.07, 6.45) is 5.69. The Morgan fingerprint density at radius 1 is 1.09 bits per heavy atom. The highest BCUT2D eigenvalue weighted by Crippen LogP contribution is 2.33. The molecule has 0 radical (unpaired) electrons. The molecule has 2 unspecified atom stereocenters. The molecular weight excluding hydrogens is 465 g/mol. The topological polar surface area (TPSA) is 53.7 Å². The maximum Gasteiger partial charge on any atom is 0.257 e. The van der Waals surface area contributed by atoms with Gasteiger partial charge in [-0.15, -0.1) is 0 Å². The summed E-state index contributed by atoms with van der Waals surface area (Å²) in [5, 5.41) is 0.681. The highest BCUT2D eigenvalue weighted by atomic mass is 35.5. The van der Waals surface area contributed by atoms with E-state index in [0.29, 0.717) is 29.8 Å². The second-order valence-electron chi connectivity index (χ2n) is 9.42. The predicted octanol–water partition coefficient (Wildman–Crippen LogP) is 4.93. The summed E-state index contributed by atoms with van der Waals surface area (Å²) in [5.41, 5.74) is 3.08. The molecule has 2 aromatic carbocycles. The molecule has 2 bridgehead atoms. The number of aromatic nitrogens is 3. The lowest BCUT2D eigenvalue weighted by molar-refractivity contribution is 0.0671. The summed E-state index contributed by atoms with van der Waals surface area (Å²) in [7, 11) is 0. The van der Waals surface area contributed by atoms with Crippen LogP contribution in [0.25, 0.3) is 17.0 Å². The summed E-state index contributed by atoms with van der Waals surface area (Å²) < 4.78 is 16.4. The first kappa shape index (κ1) is 22.2. The van der Waals surface area contributed by atoms with Gasteiger partial charge in [0, 0.05) is 48.7 Å². The van der Waals surface area contributed by atoms with E-state index in [-0.39, 0.29) is 17.5 Å². The molecule has 0 saturated carbocycles. The van der Waals surface area contributed by atoms with Crippen LogP contribution in [0.2, 0.25) is 5.02 Å². The third-order valence-electron chi connectivity index (χ3n) is 7.18. The summed E-state index contributed by atoms with van der Waals surface area (Å²) in [4.78, 5) is 26.8. The van der Waals surface area contributed by atoms with Crippen LogP contribution in [0.3, 0.4) is 0 Å². The Hall–Kier alpha value is -3.29. The van der Waals surface area contributed by atoms with Crippen molar-refractivity contribution in [3.8, 4) is 11.3 Å². The lowest BCUT2D eigenvalue weighted by Crippen LogP contribution is -2.44. The van der Waals surface area contributed by atoms with Crippen molar-refractivity contribution in [1.29, 1.82) is 0 Å². The van der Waals surface area contributed by atoms with Gasteiger partial charge in [-0.3, -0.25) is 14.1 Å². The maximum atomic E-state index is 14.3. The van der Waals surface area contributed by atoms with Crippen LogP contribution in [-0.4, -0.2) is 55.8 Å². The molecule has 2 fully saturated rings. The monoisotopic (exact) mass is 489 g/mol. The van der Waals surface area contributed by atoms with Crippen molar-refractivity contribution < 1.29 is 9.18 Å². The van der Waals surface area contributed by atoms with E-state index >= 15 is 0 Å². The third kappa shape index (κ3) is 4.19. The van der Waals surface area contributed by atoms with E-state index in [0.717, 1.165) is 42.9 Å². The SMILES string of the molecule is O=C(c1ccccc1F)N1CC2CCN(Cc3c(-c4ccc(Cl)cc4)nc4ncccn34)CC1C2. The Bertz CT molecular complexity index is 1390. The van der Waals surface area contributed by atoms with Crippen molar-refractivity contribution in [2.24, 2.45) is 5.92 Å². The highest BCUT2D eigenvalue weighted by molar-refractivity contribution is 6.30. The van der Waals surface area contributed by atoms with E-state index < -0.39 is 5.82 Å². The van der Waals surface area contributed by atoms with E-state index in [2.05, 4.69) is 9.88 Å². The zero-order valence-corrected chi connectivity index (χ0v) is 19.9. The minimum Gasteiger partial charge on any atom is -0.334 e. The van der Waals surface area contributed by atoms with Crippen LogP contribution < -0.4 is 0 Å². The van der Waals surface area contributed by atoms with Crippen LogP contribution in [0.15, 0.2) is 67.0 Å². The lowest BCUT2D eigenvalue weighted by Gasteiger charge is -2.32. The fourth-order valence-electron chi connectivity index (χ4n) is 5.47.